The molecule has 0 aromatic heterocycles. The molecule has 1 aromatic carbocycles. The molecule has 2 aliphatic rings. The molecule has 23 heavy (non-hydrogen) atoms. The first-order valence-corrected chi connectivity index (χ1v) is 8.45. The number of carbonyl (C=O) groups excluding carboxylic acids is 1. The molecule has 2 N–H and O–H groups in total. The fourth-order valence-corrected chi connectivity index (χ4v) is 3.74. The van der Waals surface area contributed by atoms with Gasteiger partial charge in [-0.15, -0.1) is 0 Å². The van der Waals surface area contributed by atoms with Crippen LogP contribution in [0.1, 0.15) is 56.1 Å². The van der Waals surface area contributed by atoms with Crippen molar-refractivity contribution in [2.75, 3.05) is 0 Å². The number of nitrogens with one attached hydrogen (secondary N) is 1. The molecule has 2 fully saturated rings. The molecular formula is C18H24N2O3. The first-order valence-electron chi connectivity index (χ1n) is 8.45. The normalized spacial score (nSPS) is 24.7. The summed E-state index contributed by atoms with van der Waals surface area (Å²) >= 11 is 0. The predicted molar refractivity (Wildman–Crippen MR) is 87.2 cm³/mol. The summed E-state index contributed by atoms with van der Waals surface area (Å²) in [6, 6.07) is 7.54. The standard InChI is InChI=1S/C18H24N2O3/c1-12-16(17(21)19-12)20(18(22)23)11-13-7-9-15(10-8-13)14-5-3-2-4-6-14/h7-10,12,14,16H,2-6,11H2,1H3,(H,19,21)(H,22,23)/t12-,16+/m0/s1. The first-order chi connectivity index (χ1) is 11.1. The van der Waals surface area contributed by atoms with Crippen LogP contribution in [0.4, 0.5) is 4.79 Å². The van der Waals surface area contributed by atoms with Gasteiger partial charge < -0.3 is 10.4 Å². The zero-order valence-electron chi connectivity index (χ0n) is 13.5. The Kier molecular flexibility index (Phi) is 4.55. The first kappa shape index (κ1) is 15.8. The fourth-order valence-electron chi connectivity index (χ4n) is 3.74. The van der Waals surface area contributed by atoms with Crippen molar-refractivity contribution in [2.24, 2.45) is 0 Å². The number of amides is 2. The third-order valence-corrected chi connectivity index (χ3v) is 5.10. The lowest BCUT2D eigenvalue weighted by atomic mass is 9.84. The molecule has 1 saturated heterocycles. The Bertz CT molecular complexity index is 578. The molecular weight excluding hydrogens is 292 g/mol. The second-order valence-electron chi connectivity index (χ2n) is 6.73. The van der Waals surface area contributed by atoms with E-state index in [2.05, 4.69) is 17.4 Å². The van der Waals surface area contributed by atoms with E-state index in [1.54, 1.807) is 0 Å². The third-order valence-electron chi connectivity index (χ3n) is 5.10. The van der Waals surface area contributed by atoms with E-state index in [9.17, 15) is 14.7 Å². The van der Waals surface area contributed by atoms with Crippen LogP contribution in [0.2, 0.25) is 0 Å². The van der Waals surface area contributed by atoms with Crippen LogP contribution in [0.3, 0.4) is 0 Å². The van der Waals surface area contributed by atoms with Crippen LogP contribution in [0.15, 0.2) is 24.3 Å². The lowest BCUT2D eigenvalue weighted by Gasteiger charge is -2.40. The summed E-state index contributed by atoms with van der Waals surface area (Å²) in [5.41, 5.74) is 2.28. The van der Waals surface area contributed by atoms with Crippen molar-refractivity contribution in [1.29, 1.82) is 0 Å². The fraction of sp³-hybridized carbons (Fsp3) is 0.556. The van der Waals surface area contributed by atoms with Gasteiger partial charge in [0, 0.05) is 6.54 Å². The molecule has 3 rings (SSSR count). The number of carbonyl (C=O) groups is 2. The van der Waals surface area contributed by atoms with Gasteiger partial charge in [0.25, 0.3) is 0 Å². The molecule has 1 aromatic rings. The molecule has 2 amide bonds. The highest BCUT2D eigenvalue weighted by Crippen LogP contribution is 2.32. The third kappa shape index (κ3) is 3.33. The smallest absolute Gasteiger partial charge is 0.408 e. The maximum Gasteiger partial charge on any atom is 0.408 e. The van der Waals surface area contributed by atoms with Gasteiger partial charge in [0.1, 0.15) is 6.04 Å². The van der Waals surface area contributed by atoms with Crippen LogP contribution >= 0.6 is 0 Å². The highest BCUT2D eigenvalue weighted by atomic mass is 16.4. The van der Waals surface area contributed by atoms with Crippen molar-refractivity contribution < 1.29 is 14.7 Å². The highest BCUT2D eigenvalue weighted by molar-refractivity contribution is 5.91. The van der Waals surface area contributed by atoms with Crippen molar-refractivity contribution in [2.45, 2.75) is 63.6 Å². The van der Waals surface area contributed by atoms with Gasteiger partial charge in [-0.05, 0) is 36.8 Å². The maximum atomic E-state index is 11.6. The van der Waals surface area contributed by atoms with E-state index < -0.39 is 12.1 Å². The largest absolute Gasteiger partial charge is 0.465 e. The molecule has 124 valence electrons. The van der Waals surface area contributed by atoms with Crippen LogP contribution in [0.25, 0.3) is 0 Å². The summed E-state index contributed by atoms with van der Waals surface area (Å²) in [5, 5.41) is 12.1. The SMILES string of the molecule is C[C@@H]1NC(=O)[C@@H]1N(Cc1ccc(C2CCCCC2)cc1)C(=O)O. The monoisotopic (exact) mass is 316 g/mol. The number of benzene rings is 1. The minimum Gasteiger partial charge on any atom is -0.465 e. The van der Waals surface area contributed by atoms with Crippen molar-refractivity contribution in [3.63, 3.8) is 0 Å². The van der Waals surface area contributed by atoms with Crippen LogP contribution in [-0.4, -0.2) is 34.1 Å². The quantitative estimate of drug-likeness (QED) is 0.839. The van der Waals surface area contributed by atoms with Gasteiger partial charge in [0.05, 0.1) is 6.04 Å². The average Bonchev–Trinajstić information content (AvgIpc) is 2.55. The van der Waals surface area contributed by atoms with Crippen LogP contribution in [-0.2, 0) is 11.3 Å². The number of nitrogens with zero attached hydrogens (tertiary/aromatic N) is 1. The second-order valence-corrected chi connectivity index (χ2v) is 6.73. The number of hydrogen-bond acceptors (Lipinski definition) is 2. The number of β-lactam (4-membered cyclic amide) rings is 1. The number of carboxylic acid groups (broad SMARTS) is 1. The van der Waals surface area contributed by atoms with Crippen molar-refractivity contribution >= 4 is 12.0 Å². The van der Waals surface area contributed by atoms with Gasteiger partial charge in [0.15, 0.2) is 0 Å². The van der Waals surface area contributed by atoms with E-state index in [1.807, 2.05) is 19.1 Å². The predicted octanol–water partition coefficient (Wildman–Crippen LogP) is 3.10. The molecule has 0 unspecified atom stereocenters. The summed E-state index contributed by atoms with van der Waals surface area (Å²) in [4.78, 5) is 24.3. The minimum absolute atomic E-state index is 0.125. The van der Waals surface area contributed by atoms with Crippen molar-refractivity contribution in [1.82, 2.24) is 10.2 Å². The Hall–Kier alpha value is -2.04. The van der Waals surface area contributed by atoms with E-state index in [1.165, 1.54) is 42.6 Å². The number of hydrogen-bond donors (Lipinski definition) is 2. The molecule has 1 aliphatic carbocycles. The summed E-state index contributed by atoms with van der Waals surface area (Å²) in [7, 11) is 0. The lowest BCUT2D eigenvalue weighted by molar-refractivity contribution is -0.136. The lowest BCUT2D eigenvalue weighted by Crippen LogP contribution is -2.68. The molecule has 1 heterocycles. The zero-order chi connectivity index (χ0) is 16.4. The molecule has 1 saturated carbocycles. The summed E-state index contributed by atoms with van der Waals surface area (Å²) in [6.45, 7) is 2.08. The summed E-state index contributed by atoms with van der Waals surface area (Å²) in [6.07, 6.45) is 5.39. The molecule has 5 heteroatoms. The van der Waals surface area contributed by atoms with Gasteiger partial charge in [0.2, 0.25) is 5.91 Å². The highest BCUT2D eigenvalue weighted by Gasteiger charge is 2.42. The Morgan fingerprint density at radius 3 is 2.39 bits per heavy atom. The van der Waals surface area contributed by atoms with Crippen molar-refractivity contribution in [3.8, 4) is 0 Å². The van der Waals surface area contributed by atoms with Crippen LogP contribution in [0, 0.1) is 0 Å². The van der Waals surface area contributed by atoms with E-state index in [-0.39, 0.29) is 18.5 Å². The zero-order valence-corrected chi connectivity index (χ0v) is 13.5. The minimum atomic E-state index is -1.05. The Labute approximate surface area is 136 Å². The number of rotatable bonds is 4. The molecule has 0 bridgehead atoms. The van der Waals surface area contributed by atoms with Crippen molar-refractivity contribution in [3.05, 3.63) is 35.4 Å². The molecule has 5 nitrogen and oxygen atoms in total. The van der Waals surface area contributed by atoms with Gasteiger partial charge in [-0.25, -0.2) is 4.79 Å². The average molecular weight is 316 g/mol. The Morgan fingerprint density at radius 1 is 1.22 bits per heavy atom. The van der Waals surface area contributed by atoms with Crippen LogP contribution < -0.4 is 5.32 Å². The van der Waals surface area contributed by atoms with Gasteiger partial charge in [-0.2, -0.15) is 0 Å². The Balaban J connectivity index is 1.68. The molecule has 0 spiro atoms. The summed E-state index contributed by atoms with van der Waals surface area (Å²) < 4.78 is 0. The second kappa shape index (κ2) is 6.60. The Morgan fingerprint density at radius 2 is 1.87 bits per heavy atom. The van der Waals surface area contributed by atoms with Gasteiger partial charge in [-0.1, -0.05) is 43.5 Å². The van der Waals surface area contributed by atoms with Gasteiger partial charge in [-0.3, -0.25) is 9.69 Å². The van der Waals surface area contributed by atoms with E-state index >= 15 is 0 Å². The maximum absolute atomic E-state index is 11.6. The van der Waals surface area contributed by atoms with E-state index in [4.69, 9.17) is 0 Å². The molecule has 1 aliphatic heterocycles. The molecule has 0 radical (unpaired) electrons. The topological polar surface area (TPSA) is 69.6 Å². The molecule has 2 atom stereocenters. The van der Waals surface area contributed by atoms with E-state index in [0.29, 0.717) is 5.92 Å². The van der Waals surface area contributed by atoms with Crippen LogP contribution in [0.5, 0.6) is 0 Å². The van der Waals surface area contributed by atoms with E-state index in [0.717, 1.165) is 5.56 Å². The van der Waals surface area contributed by atoms with Gasteiger partial charge >= 0.3 is 6.09 Å². The summed E-state index contributed by atoms with van der Waals surface area (Å²) in [5.74, 6) is 0.435.